The Kier molecular flexibility index (Phi) is 4.30. The Morgan fingerprint density at radius 2 is 1.83 bits per heavy atom. The predicted octanol–water partition coefficient (Wildman–Crippen LogP) is 2.61. The van der Waals surface area contributed by atoms with E-state index in [4.69, 9.17) is 0 Å². The van der Waals surface area contributed by atoms with Crippen LogP contribution < -0.4 is 10.9 Å². The molecule has 0 fully saturated rings. The van der Waals surface area contributed by atoms with Gasteiger partial charge in [0.1, 0.15) is 0 Å². The van der Waals surface area contributed by atoms with Crippen LogP contribution in [0.1, 0.15) is 36.8 Å². The zero-order valence-electron chi connectivity index (χ0n) is 13.6. The number of nitrogens with zero attached hydrogens (tertiary/aromatic N) is 3. The SMILES string of the molecule is Cn1cc(NC(=O)c2cnn(C(C)(C)C)c2C(F)(F)F)ccc1=O. The molecule has 2 heterocycles. The molecular formula is C15H17F3N4O2. The van der Waals surface area contributed by atoms with Gasteiger partial charge in [0.2, 0.25) is 5.56 Å². The highest BCUT2D eigenvalue weighted by molar-refractivity contribution is 6.05. The molecule has 0 saturated heterocycles. The van der Waals surface area contributed by atoms with Gasteiger partial charge in [-0.2, -0.15) is 18.3 Å². The van der Waals surface area contributed by atoms with E-state index < -0.39 is 28.9 Å². The fraction of sp³-hybridized carbons (Fsp3) is 0.400. The fourth-order valence-corrected chi connectivity index (χ4v) is 2.16. The molecule has 9 heteroatoms. The van der Waals surface area contributed by atoms with E-state index in [1.165, 1.54) is 29.9 Å². The van der Waals surface area contributed by atoms with Crippen LogP contribution in [0.15, 0.2) is 29.3 Å². The number of amides is 1. The highest BCUT2D eigenvalue weighted by Crippen LogP contribution is 2.35. The number of carbonyl (C=O) groups is 1. The first-order valence-electron chi connectivity index (χ1n) is 7.05. The number of halogens is 3. The number of hydrogen-bond donors (Lipinski definition) is 1. The van der Waals surface area contributed by atoms with Crippen molar-refractivity contribution < 1.29 is 18.0 Å². The summed E-state index contributed by atoms with van der Waals surface area (Å²) in [5, 5.41) is 6.08. The molecule has 0 radical (unpaired) electrons. The molecule has 0 spiro atoms. The van der Waals surface area contributed by atoms with Gasteiger partial charge in [0.15, 0.2) is 5.69 Å². The fourth-order valence-electron chi connectivity index (χ4n) is 2.16. The third kappa shape index (κ3) is 3.50. The van der Waals surface area contributed by atoms with Crippen LogP contribution in [-0.2, 0) is 18.8 Å². The number of aromatic nitrogens is 3. The summed E-state index contributed by atoms with van der Waals surface area (Å²) >= 11 is 0. The number of carbonyl (C=O) groups excluding carboxylic acids is 1. The summed E-state index contributed by atoms with van der Waals surface area (Å²) in [6.07, 6.45) is -2.52. The lowest BCUT2D eigenvalue weighted by atomic mass is 10.1. The first kappa shape index (κ1) is 17.8. The predicted molar refractivity (Wildman–Crippen MR) is 81.9 cm³/mol. The van der Waals surface area contributed by atoms with Gasteiger partial charge in [-0.1, -0.05) is 0 Å². The lowest BCUT2D eigenvalue weighted by Gasteiger charge is -2.23. The first-order valence-corrected chi connectivity index (χ1v) is 7.05. The lowest BCUT2D eigenvalue weighted by Crippen LogP contribution is -2.30. The molecule has 2 aromatic rings. The summed E-state index contributed by atoms with van der Waals surface area (Å²) in [7, 11) is 1.47. The lowest BCUT2D eigenvalue weighted by molar-refractivity contribution is -0.146. The second-order valence-electron chi connectivity index (χ2n) is 6.31. The Hall–Kier alpha value is -2.58. The van der Waals surface area contributed by atoms with Crippen LogP contribution in [0.2, 0.25) is 0 Å². The summed E-state index contributed by atoms with van der Waals surface area (Å²) in [5.41, 5.74) is -2.73. The van der Waals surface area contributed by atoms with Crippen LogP contribution in [-0.4, -0.2) is 20.3 Å². The number of aryl methyl sites for hydroxylation is 1. The van der Waals surface area contributed by atoms with Gasteiger partial charge < -0.3 is 9.88 Å². The van der Waals surface area contributed by atoms with Crippen LogP contribution in [0, 0.1) is 0 Å². The molecule has 0 saturated carbocycles. The molecule has 2 aromatic heterocycles. The molecule has 6 nitrogen and oxygen atoms in total. The van der Waals surface area contributed by atoms with E-state index in [2.05, 4.69) is 10.4 Å². The zero-order valence-corrected chi connectivity index (χ0v) is 13.6. The van der Waals surface area contributed by atoms with Crippen LogP contribution in [0.4, 0.5) is 18.9 Å². The molecule has 130 valence electrons. The van der Waals surface area contributed by atoms with Crippen molar-refractivity contribution in [1.82, 2.24) is 14.3 Å². The topological polar surface area (TPSA) is 68.9 Å². The third-order valence-corrected chi connectivity index (χ3v) is 3.26. The molecule has 2 rings (SSSR count). The molecular weight excluding hydrogens is 325 g/mol. The third-order valence-electron chi connectivity index (χ3n) is 3.26. The zero-order chi connectivity index (χ0) is 18.3. The second kappa shape index (κ2) is 5.81. The average molecular weight is 342 g/mol. The Balaban J connectivity index is 2.44. The number of rotatable bonds is 2. The van der Waals surface area contributed by atoms with Crippen molar-refractivity contribution in [2.45, 2.75) is 32.5 Å². The van der Waals surface area contributed by atoms with Gasteiger partial charge in [0.05, 0.1) is 23.0 Å². The molecule has 0 unspecified atom stereocenters. The summed E-state index contributed by atoms with van der Waals surface area (Å²) in [6.45, 7) is 4.68. The van der Waals surface area contributed by atoms with Crippen LogP contribution in [0.25, 0.3) is 0 Å². The number of hydrogen-bond acceptors (Lipinski definition) is 3. The monoisotopic (exact) mass is 342 g/mol. The normalized spacial score (nSPS) is 12.3. The van der Waals surface area contributed by atoms with Crippen LogP contribution >= 0.6 is 0 Å². The van der Waals surface area contributed by atoms with Crippen molar-refractivity contribution >= 4 is 11.6 Å². The minimum absolute atomic E-state index is 0.207. The van der Waals surface area contributed by atoms with E-state index in [-0.39, 0.29) is 11.2 Å². The van der Waals surface area contributed by atoms with Gasteiger partial charge >= 0.3 is 6.18 Å². The van der Waals surface area contributed by atoms with Crippen molar-refractivity contribution in [1.29, 1.82) is 0 Å². The summed E-state index contributed by atoms with van der Waals surface area (Å²) in [6, 6.07) is 2.53. The molecule has 0 atom stereocenters. The minimum Gasteiger partial charge on any atom is -0.321 e. The quantitative estimate of drug-likeness (QED) is 0.912. The maximum absolute atomic E-state index is 13.4. The number of alkyl halides is 3. The van der Waals surface area contributed by atoms with Crippen LogP contribution in [0.5, 0.6) is 0 Å². The maximum atomic E-state index is 13.4. The van der Waals surface area contributed by atoms with E-state index in [9.17, 15) is 22.8 Å². The van der Waals surface area contributed by atoms with Crippen molar-refractivity contribution in [2.75, 3.05) is 5.32 Å². The maximum Gasteiger partial charge on any atom is 0.433 e. The van der Waals surface area contributed by atoms with Gasteiger partial charge in [-0.15, -0.1) is 0 Å². The Morgan fingerprint density at radius 3 is 2.33 bits per heavy atom. The number of nitrogens with one attached hydrogen (secondary N) is 1. The van der Waals surface area contributed by atoms with E-state index >= 15 is 0 Å². The standard InChI is InChI=1S/C15H17F3N4O2/c1-14(2,3)22-12(15(16,17)18)10(7-19-22)13(24)20-9-5-6-11(23)21(4)8-9/h5-8H,1-4H3,(H,20,24). The van der Waals surface area contributed by atoms with Crippen molar-refractivity contribution in [3.8, 4) is 0 Å². The Bertz CT molecular complexity index is 828. The highest BCUT2D eigenvalue weighted by Gasteiger charge is 2.42. The van der Waals surface area contributed by atoms with E-state index in [1.54, 1.807) is 20.8 Å². The summed E-state index contributed by atoms with van der Waals surface area (Å²) in [4.78, 5) is 23.6. The van der Waals surface area contributed by atoms with Crippen molar-refractivity contribution in [3.63, 3.8) is 0 Å². The van der Waals surface area contributed by atoms with E-state index in [1.807, 2.05) is 0 Å². The van der Waals surface area contributed by atoms with Crippen molar-refractivity contribution in [2.24, 2.45) is 7.05 Å². The molecule has 24 heavy (non-hydrogen) atoms. The molecule has 0 aliphatic rings. The van der Waals surface area contributed by atoms with Crippen LogP contribution in [0.3, 0.4) is 0 Å². The molecule has 0 aliphatic carbocycles. The highest BCUT2D eigenvalue weighted by atomic mass is 19.4. The molecule has 0 bridgehead atoms. The van der Waals surface area contributed by atoms with E-state index in [0.717, 1.165) is 10.9 Å². The average Bonchev–Trinajstić information content (AvgIpc) is 2.88. The largest absolute Gasteiger partial charge is 0.433 e. The van der Waals surface area contributed by atoms with Gasteiger partial charge in [0.25, 0.3) is 5.91 Å². The molecule has 1 N–H and O–H groups in total. The molecule has 1 amide bonds. The van der Waals surface area contributed by atoms with Crippen molar-refractivity contribution in [3.05, 3.63) is 46.1 Å². The van der Waals surface area contributed by atoms with Gasteiger partial charge in [-0.05, 0) is 26.8 Å². The smallest absolute Gasteiger partial charge is 0.321 e. The minimum atomic E-state index is -4.74. The van der Waals surface area contributed by atoms with Gasteiger partial charge in [-0.3, -0.25) is 14.3 Å². The van der Waals surface area contributed by atoms with E-state index in [0.29, 0.717) is 0 Å². The summed E-state index contributed by atoms with van der Waals surface area (Å²) in [5.74, 6) is -0.948. The molecule has 0 aliphatic heterocycles. The second-order valence-corrected chi connectivity index (χ2v) is 6.31. The Labute approximate surface area is 135 Å². The summed E-state index contributed by atoms with van der Waals surface area (Å²) < 4.78 is 42.2. The number of anilines is 1. The number of pyridine rings is 1. The Morgan fingerprint density at radius 1 is 1.21 bits per heavy atom. The van der Waals surface area contributed by atoms with Gasteiger partial charge in [-0.25, -0.2) is 0 Å². The molecule has 0 aromatic carbocycles. The first-order chi connectivity index (χ1) is 10.9. The van der Waals surface area contributed by atoms with Gasteiger partial charge in [0, 0.05) is 19.3 Å².